The van der Waals surface area contributed by atoms with Gasteiger partial charge in [-0.25, -0.2) is 0 Å². The summed E-state index contributed by atoms with van der Waals surface area (Å²) in [7, 11) is 0. The van der Waals surface area contributed by atoms with Crippen LogP contribution in [0.2, 0.25) is 0 Å². The van der Waals surface area contributed by atoms with Crippen LogP contribution in [0.15, 0.2) is 18.2 Å². The fourth-order valence-electron chi connectivity index (χ4n) is 1.46. The highest BCUT2D eigenvalue weighted by atomic mass is 16.6. The number of unbranched alkanes of at least 4 members (excludes halogenated alkanes) is 1. The van der Waals surface area contributed by atoms with Gasteiger partial charge in [-0.15, -0.1) is 0 Å². The van der Waals surface area contributed by atoms with Crippen molar-refractivity contribution in [1.82, 2.24) is 0 Å². The first kappa shape index (κ1) is 13.4. The monoisotopic (exact) mass is 239 g/mol. The van der Waals surface area contributed by atoms with Gasteiger partial charge in [-0.1, -0.05) is 13.3 Å². The summed E-state index contributed by atoms with van der Waals surface area (Å²) in [6.07, 6.45) is 1.07. The molecular formula is C12H17NO4. The molecule has 0 saturated heterocycles. The molecule has 0 heterocycles. The third-order valence-corrected chi connectivity index (χ3v) is 2.41. The summed E-state index contributed by atoms with van der Waals surface area (Å²) in [6.45, 7) is 4.13. The topological polar surface area (TPSA) is 72.6 Å². The number of rotatable bonds is 6. The minimum atomic E-state index is -0.884. The molecule has 0 aromatic heterocycles. The average Bonchev–Trinajstić information content (AvgIpc) is 2.29. The van der Waals surface area contributed by atoms with Crippen LogP contribution in [0.3, 0.4) is 0 Å². The second-order valence-electron chi connectivity index (χ2n) is 3.86. The molecule has 0 aliphatic carbocycles. The molecule has 0 spiro atoms. The fourth-order valence-corrected chi connectivity index (χ4v) is 1.46. The van der Waals surface area contributed by atoms with Gasteiger partial charge >= 0.3 is 0 Å². The van der Waals surface area contributed by atoms with Crippen molar-refractivity contribution < 1.29 is 14.8 Å². The zero-order chi connectivity index (χ0) is 12.8. The smallest absolute Gasteiger partial charge is 0.275 e. The van der Waals surface area contributed by atoms with E-state index in [-0.39, 0.29) is 11.3 Å². The fraction of sp³-hybridized carbons (Fsp3) is 0.500. The van der Waals surface area contributed by atoms with Crippen LogP contribution >= 0.6 is 0 Å². The molecule has 1 aromatic carbocycles. The van der Waals surface area contributed by atoms with Crippen molar-refractivity contribution in [1.29, 1.82) is 0 Å². The van der Waals surface area contributed by atoms with Crippen LogP contribution in [0.1, 0.15) is 38.4 Å². The Hall–Kier alpha value is -1.62. The molecule has 0 bridgehead atoms. The highest BCUT2D eigenvalue weighted by Gasteiger charge is 2.18. The Morgan fingerprint density at radius 3 is 2.76 bits per heavy atom. The van der Waals surface area contributed by atoms with Crippen molar-refractivity contribution in [3.8, 4) is 5.75 Å². The van der Waals surface area contributed by atoms with Crippen LogP contribution in [-0.2, 0) is 0 Å². The average molecular weight is 239 g/mol. The maximum Gasteiger partial charge on any atom is 0.275 e. The maximum atomic E-state index is 10.8. The summed E-state index contributed by atoms with van der Waals surface area (Å²) < 4.78 is 5.44. The van der Waals surface area contributed by atoms with Gasteiger partial charge in [0.1, 0.15) is 5.75 Å². The van der Waals surface area contributed by atoms with E-state index < -0.39 is 11.0 Å². The zero-order valence-electron chi connectivity index (χ0n) is 10.0. The number of benzene rings is 1. The Labute approximate surface area is 100 Å². The Bertz CT molecular complexity index is 390. The number of aliphatic hydroxyl groups excluding tert-OH is 1. The van der Waals surface area contributed by atoms with E-state index in [1.807, 2.05) is 0 Å². The minimum Gasteiger partial charge on any atom is -0.494 e. The lowest BCUT2D eigenvalue weighted by molar-refractivity contribution is -0.386. The predicted octanol–water partition coefficient (Wildman–Crippen LogP) is 2.83. The Morgan fingerprint density at radius 2 is 2.24 bits per heavy atom. The molecule has 94 valence electrons. The van der Waals surface area contributed by atoms with E-state index in [0.717, 1.165) is 12.8 Å². The first-order valence-corrected chi connectivity index (χ1v) is 5.65. The lowest BCUT2D eigenvalue weighted by atomic mass is 10.1. The summed E-state index contributed by atoms with van der Waals surface area (Å²) in [5.41, 5.74) is 0.201. The van der Waals surface area contributed by atoms with Gasteiger partial charge in [0.05, 0.1) is 23.2 Å². The second-order valence-corrected chi connectivity index (χ2v) is 3.86. The summed E-state index contributed by atoms with van der Waals surface area (Å²) in [6, 6.07) is 4.45. The van der Waals surface area contributed by atoms with Crippen LogP contribution in [0.25, 0.3) is 0 Å². The van der Waals surface area contributed by atoms with Crippen LogP contribution in [0.4, 0.5) is 5.69 Å². The molecule has 0 aliphatic heterocycles. The van der Waals surface area contributed by atoms with Crippen molar-refractivity contribution in [2.24, 2.45) is 0 Å². The van der Waals surface area contributed by atoms with Gasteiger partial charge in [0.25, 0.3) is 5.69 Å². The van der Waals surface area contributed by atoms with Crippen molar-refractivity contribution >= 4 is 5.69 Å². The summed E-state index contributed by atoms with van der Waals surface area (Å²) in [5.74, 6) is 0.556. The van der Waals surface area contributed by atoms with E-state index in [0.29, 0.717) is 12.4 Å². The number of aliphatic hydroxyl groups is 1. The first-order chi connectivity index (χ1) is 8.06. The molecule has 0 amide bonds. The molecule has 0 saturated carbocycles. The van der Waals surface area contributed by atoms with Crippen molar-refractivity contribution in [2.75, 3.05) is 6.61 Å². The van der Waals surface area contributed by atoms with Crippen LogP contribution in [0.5, 0.6) is 5.75 Å². The van der Waals surface area contributed by atoms with Gasteiger partial charge in [0.2, 0.25) is 0 Å². The molecule has 0 radical (unpaired) electrons. The van der Waals surface area contributed by atoms with E-state index in [4.69, 9.17) is 4.74 Å². The summed E-state index contributed by atoms with van der Waals surface area (Å²) in [4.78, 5) is 10.2. The quantitative estimate of drug-likeness (QED) is 0.470. The van der Waals surface area contributed by atoms with Gasteiger partial charge < -0.3 is 9.84 Å². The predicted molar refractivity (Wildman–Crippen MR) is 64.1 cm³/mol. The Kier molecular flexibility index (Phi) is 4.90. The van der Waals surface area contributed by atoms with E-state index >= 15 is 0 Å². The summed E-state index contributed by atoms with van der Waals surface area (Å²) in [5, 5.41) is 20.2. The third kappa shape index (κ3) is 3.71. The number of hydrogen-bond donors (Lipinski definition) is 1. The van der Waals surface area contributed by atoms with Gasteiger partial charge in [0, 0.05) is 6.07 Å². The third-order valence-electron chi connectivity index (χ3n) is 2.41. The number of nitrogens with zero attached hydrogens (tertiary/aromatic N) is 1. The van der Waals surface area contributed by atoms with Gasteiger partial charge in [-0.05, 0) is 25.5 Å². The van der Waals surface area contributed by atoms with E-state index in [2.05, 4.69) is 6.92 Å². The normalized spacial score (nSPS) is 12.2. The number of nitro groups is 1. The summed E-state index contributed by atoms with van der Waals surface area (Å²) >= 11 is 0. The number of ether oxygens (including phenoxy) is 1. The maximum absolute atomic E-state index is 10.8. The highest BCUT2D eigenvalue weighted by Crippen LogP contribution is 2.29. The van der Waals surface area contributed by atoms with Gasteiger partial charge in [0.15, 0.2) is 0 Å². The largest absolute Gasteiger partial charge is 0.494 e. The molecule has 0 fully saturated rings. The molecule has 1 N–H and O–H groups in total. The molecular weight excluding hydrogens is 222 g/mol. The molecule has 5 heteroatoms. The van der Waals surface area contributed by atoms with Crippen LogP contribution in [-0.4, -0.2) is 16.6 Å². The number of hydrogen-bond acceptors (Lipinski definition) is 4. The SMILES string of the molecule is CCCCOc1ccc([N+](=O)[O-])c(C(C)O)c1. The van der Waals surface area contributed by atoms with Crippen molar-refractivity contribution in [2.45, 2.75) is 32.8 Å². The number of nitro benzene ring substituents is 1. The Morgan fingerprint density at radius 1 is 1.53 bits per heavy atom. The molecule has 1 atom stereocenters. The van der Waals surface area contributed by atoms with Crippen molar-refractivity contribution in [3.05, 3.63) is 33.9 Å². The van der Waals surface area contributed by atoms with E-state index in [9.17, 15) is 15.2 Å². The lowest BCUT2D eigenvalue weighted by Gasteiger charge is -2.09. The molecule has 1 unspecified atom stereocenters. The Balaban J connectivity index is 2.90. The van der Waals surface area contributed by atoms with Crippen molar-refractivity contribution in [3.63, 3.8) is 0 Å². The van der Waals surface area contributed by atoms with Gasteiger partial charge in [-0.2, -0.15) is 0 Å². The van der Waals surface area contributed by atoms with E-state index in [1.165, 1.54) is 19.1 Å². The van der Waals surface area contributed by atoms with E-state index in [1.54, 1.807) is 6.07 Å². The van der Waals surface area contributed by atoms with Crippen LogP contribution < -0.4 is 4.74 Å². The minimum absolute atomic E-state index is 0.0807. The standard InChI is InChI=1S/C12H17NO4/c1-3-4-7-17-10-5-6-12(13(15)16)11(8-10)9(2)14/h5-6,8-9,14H,3-4,7H2,1-2H3. The first-order valence-electron chi connectivity index (χ1n) is 5.65. The zero-order valence-corrected chi connectivity index (χ0v) is 10.0. The highest BCUT2D eigenvalue weighted by molar-refractivity contribution is 5.46. The molecule has 17 heavy (non-hydrogen) atoms. The lowest BCUT2D eigenvalue weighted by Crippen LogP contribution is -2.02. The molecule has 1 aromatic rings. The second kappa shape index (κ2) is 6.20. The van der Waals surface area contributed by atoms with Crippen LogP contribution in [0, 0.1) is 10.1 Å². The van der Waals surface area contributed by atoms with Gasteiger partial charge in [-0.3, -0.25) is 10.1 Å². The molecule has 1 rings (SSSR count). The molecule has 5 nitrogen and oxygen atoms in total. The molecule has 0 aliphatic rings.